The summed E-state index contributed by atoms with van der Waals surface area (Å²) in [6.07, 6.45) is 0. The minimum Gasteiger partial charge on any atom is -0.492 e. The zero-order valence-corrected chi connectivity index (χ0v) is 14.6. The molecular formula is C18H23NO3S. The van der Waals surface area contributed by atoms with E-state index >= 15 is 0 Å². The van der Waals surface area contributed by atoms with E-state index < -0.39 is 10.0 Å². The summed E-state index contributed by atoms with van der Waals surface area (Å²) in [6.45, 7) is 6.61. The number of benzene rings is 2. The first-order valence-electron chi connectivity index (χ1n) is 7.67. The normalized spacial score (nSPS) is 11.7. The number of hydrogen-bond acceptors (Lipinski definition) is 3. The highest BCUT2D eigenvalue weighted by Crippen LogP contribution is 2.20. The van der Waals surface area contributed by atoms with E-state index in [0.717, 1.165) is 11.3 Å². The van der Waals surface area contributed by atoms with E-state index in [4.69, 9.17) is 4.74 Å². The lowest BCUT2D eigenvalue weighted by Gasteiger charge is -2.11. The lowest BCUT2D eigenvalue weighted by atomic mass is 10.0. The Kier molecular flexibility index (Phi) is 5.80. The first-order chi connectivity index (χ1) is 10.9. The van der Waals surface area contributed by atoms with Gasteiger partial charge in [0.2, 0.25) is 10.0 Å². The Morgan fingerprint density at radius 3 is 2.52 bits per heavy atom. The third-order valence-electron chi connectivity index (χ3n) is 3.49. The molecule has 0 heterocycles. The molecule has 0 bridgehead atoms. The molecule has 0 saturated heterocycles. The highest BCUT2D eigenvalue weighted by Gasteiger charge is 2.13. The first-order valence-corrected chi connectivity index (χ1v) is 9.16. The van der Waals surface area contributed by atoms with Crippen molar-refractivity contribution in [2.75, 3.05) is 13.2 Å². The second-order valence-electron chi connectivity index (χ2n) is 5.79. The molecule has 0 fully saturated rings. The van der Waals surface area contributed by atoms with Crippen molar-refractivity contribution in [3.05, 3.63) is 59.7 Å². The number of ether oxygens (including phenoxy) is 1. The van der Waals surface area contributed by atoms with Crippen LogP contribution in [0.25, 0.3) is 0 Å². The molecule has 0 aliphatic heterocycles. The van der Waals surface area contributed by atoms with E-state index in [0.29, 0.717) is 5.92 Å². The van der Waals surface area contributed by atoms with Crippen LogP contribution in [0.3, 0.4) is 0 Å². The average Bonchev–Trinajstić information content (AvgIpc) is 2.52. The maximum atomic E-state index is 12.2. The molecule has 2 aromatic carbocycles. The van der Waals surface area contributed by atoms with Crippen molar-refractivity contribution in [3.63, 3.8) is 0 Å². The zero-order chi connectivity index (χ0) is 16.9. The van der Waals surface area contributed by atoms with E-state index in [1.54, 1.807) is 18.2 Å². The van der Waals surface area contributed by atoms with Gasteiger partial charge < -0.3 is 4.74 Å². The number of hydrogen-bond donors (Lipinski definition) is 1. The Bertz CT molecular complexity index is 754. The molecule has 0 aromatic heterocycles. The van der Waals surface area contributed by atoms with E-state index in [2.05, 4.69) is 24.6 Å². The van der Waals surface area contributed by atoms with Gasteiger partial charge in [0.1, 0.15) is 12.4 Å². The van der Waals surface area contributed by atoms with Crippen LogP contribution in [0.4, 0.5) is 0 Å². The van der Waals surface area contributed by atoms with E-state index in [1.165, 1.54) is 5.56 Å². The fourth-order valence-electron chi connectivity index (χ4n) is 2.17. The summed E-state index contributed by atoms with van der Waals surface area (Å²) in [7, 11) is -3.49. The maximum absolute atomic E-state index is 12.2. The molecule has 2 rings (SSSR count). The van der Waals surface area contributed by atoms with Crippen LogP contribution in [-0.4, -0.2) is 21.6 Å². The van der Waals surface area contributed by atoms with Crippen LogP contribution in [0.5, 0.6) is 5.75 Å². The third kappa shape index (κ3) is 5.08. The Labute approximate surface area is 138 Å². The zero-order valence-electron chi connectivity index (χ0n) is 13.7. The van der Waals surface area contributed by atoms with Crippen LogP contribution in [0.1, 0.15) is 30.9 Å². The molecule has 0 radical (unpaired) electrons. The fourth-order valence-corrected chi connectivity index (χ4v) is 3.29. The third-order valence-corrected chi connectivity index (χ3v) is 4.95. The van der Waals surface area contributed by atoms with Gasteiger partial charge in [0.15, 0.2) is 0 Å². The Morgan fingerprint density at radius 1 is 1.09 bits per heavy atom. The molecule has 23 heavy (non-hydrogen) atoms. The maximum Gasteiger partial charge on any atom is 0.240 e. The highest BCUT2D eigenvalue weighted by molar-refractivity contribution is 7.89. The molecule has 2 aromatic rings. The summed E-state index contributed by atoms with van der Waals surface area (Å²) in [5.41, 5.74) is 2.11. The van der Waals surface area contributed by atoms with Crippen molar-refractivity contribution >= 4 is 10.0 Å². The van der Waals surface area contributed by atoms with E-state index in [9.17, 15) is 8.42 Å². The van der Waals surface area contributed by atoms with Crippen molar-refractivity contribution in [2.45, 2.75) is 31.6 Å². The van der Waals surface area contributed by atoms with E-state index in [-0.39, 0.29) is 18.0 Å². The van der Waals surface area contributed by atoms with Crippen molar-refractivity contribution in [3.8, 4) is 5.75 Å². The molecule has 124 valence electrons. The topological polar surface area (TPSA) is 55.4 Å². The number of rotatable bonds is 7. The SMILES string of the molecule is Cc1cccc(S(=O)(=O)NCCOc2cccc(C(C)C)c2)c1. The Balaban J connectivity index is 1.89. The summed E-state index contributed by atoms with van der Waals surface area (Å²) in [5, 5.41) is 0. The van der Waals surface area contributed by atoms with Gasteiger partial charge in [-0.15, -0.1) is 0 Å². The van der Waals surface area contributed by atoms with Gasteiger partial charge in [0, 0.05) is 6.54 Å². The highest BCUT2D eigenvalue weighted by atomic mass is 32.2. The predicted octanol–water partition coefficient (Wildman–Crippen LogP) is 3.48. The molecular weight excluding hydrogens is 310 g/mol. The summed E-state index contributed by atoms with van der Waals surface area (Å²) < 4.78 is 32.5. The minimum absolute atomic E-state index is 0.224. The van der Waals surface area contributed by atoms with Crippen molar-refractivity contribution in [1.29, 1.82) is 0 Å². The Morgan fingerprint density at radius 2 is 1.83 bits per heavy atom. The Hall–Kier alpha value is -1.85. The monoisotopic (exact) mass is 333 g/mol. The lowest BCUT2D eigenvalue weighted by molar-refractivity contribution is 0.322. The van der Waals surface area contributed by atoms with Crippen LogP contribution in [-0.2, 0) is 10.0 Å². The van der Waals surface area contributed by atoms with Crippen LogP contribution in [0.2, 0.25) is 0 Å². The van der Waals surface area contributed by atoms with Gasteiger partial charge in [-0.1, -0.05) is 38.1 Å². The molecule has 0 amide bonds. The van der Waals surface area contributed by atoms with Gasteiger partial charge in [-0.2, -0.15) is 0 Å². The standard InChI is InChI=1S/C18H23NO3S/c1-14(2)16-7-5-8-17(13-16)22-11-10-19-23(20,21)18-9-4-6-15(3)12-18/h4-9,12-14,19H,10-11H2,1-3H3. The van der Waals surface area contributed by atoms with Crippen LogP contribution in [0, 0.1) is 6.92 Å². The van der Waals surface area contributed by atoms with E-state index in [1.807, 2.05) is 31.2 Å². The lowest BCUT2D eigenvalue weighted by Crippen LogP contribution is -2.28. The van der Waals surface area contributed by atoms with Gasteiger partial charge in [0.25, 0.3) is 0 Å². The number of sulfonamides is 1. The first kappa shape index (κ1) is 17.5. The fraction of sp³-hybridized carbons (Fsp3) is 0.333. The second kappa shape index (κ2) is 7.62. The van der Waals surface area contributed by atoms with Gasteiger partial charge in [-0.05, 0) is 48.2 Å². The number of aryl methyl sites for hydroxylation is 1. The quantitative estimate of drug-likeness (QED) is 0.789. The molecule has 0 saturated carbocycles. The van der Waals surface area contributed by atoms with Gasteiger partial charge in [-0.3, -0.25) is 0 Å². The predicted molar refractivity (Wildman–Crippen MR) is 92.4 cm³/mol. The summed E-state index contributed by atoms with van der Waals surface area (Å²) in [5.74, 6) is 1.18. The van der Waals surface area contributed by atoms with Crippen molar-refractivity contribution in [2.24, 2.45) is 0 Å². The summed E-state index contributed by atoms with van der Waals surface area (Å²) in [4.78, 5) is 0.277. The molecule has 0 spiro atoms. The van der Waals surface area contributed by atoms with Gasteiger partial charge in [0.05, 0.1) is 4.90 Å². The van der Waals surface area contributed by atoms with Crippen molar-refractivity contribution < 1.29 is 13.2 Å². The molecule has 0 atom stereocenters. The molecule has 0 aliphatic carbocycles. The van der Waals surface area contributed by atoms with Gasteiger partial charge in [-0.25, -0.2) is 13.1 Å². The second-order valence-corrected chi connectivity index (χ2v) is 7.56. The molecule has 1 N–H and O–H groups in total. The summed E-state index contributed by atoms with van der Waals surface area (Å²) >= 11 is 0. The van der Waals surface area contributed by atoms with Crippen LogP contribution < -0.4 is 9.46 Å². The van der Waals surface area contributed by atoms with Crippen LogP contribution in [0.15, 0.2) is 53.4 Å². The average molecular weight is 333 g/mol. The van der Waals surface area contributed by atoms with Crippen LogP contribution >= 0.6 is 0 Å². The number of nitrogens with one attached hydrogen (secondary N) is 1. The minimum atomic E-state index is -3.49. The molecule has 0 unspecified atom stereocenters. The van der Waals surface area contributed by atoms with Gasteiger partial charge >= 0.3 is 0 Å². The molecule has 5 heteroatoms. The van der Waals surface area contributed by atoms with Crippen molar-refractivity contribution in [1.82, 2.24) is 4.72 Å². The molecule has 0 aliphatic rings. The smallest absolute Gasteiger partial charge is 0.240 e. The largest absolute Gasteiger partial charge is 0.492 e. The molecule has 4 nitrogen and oxygen atoms in total. The summed E-state index contributed by atoms with van der Waals surface area (Å²) in [6, 6.07) is 14.7.